The van der Waals surface area contributed by atoms with Crippen molar-refractivity contribution >= 4 is 38.2 Å². The molecule has 2 N–H and O–H groups in total. The van der Waals surface area contributed by atoms with Crippen molar-refractivity contribution < 1.29 is 22.8 Å². The number of aromatic nitrogens is 4. The lowest BCUT2D eigenvalue weighted by Crippen LogP contribution is -2.46. The number of benzene rings is 2. The number of imidazole rings is 1. The van der Waals surface area contributed by atoms with Crippen molar-refractivity contribution in [3.8, 4) is 5.75 Å². The Labute approximate surface area is 248 Å². The standard InChI is InChI=1S/C30H40N5O5PSi/c1-20-13-14-23(21(2)15-20)39-41(36,22-11-9-8-10-12-22)37-17-25-24(40-42(6,7)30(3,4)5)16-26(38-25)35-19-34-27-28(31)32-18-33-29(27)35/h8-15,18-19,24-26H,16-17H2,1-7H3,(H2,31,32,33)/t24?,25?,26?,41-/m0/s1. The number of nitrogens with zero attached hydrogens (tertiary/aromatic N) is 4. The molecule has 42 heavy (non-hydrogen) atoms. The van der Waals surface area contributed by atoms with E-state index in [-0.39, 0.29) is 17.7 Å². The van der Waals surface area contributed by atoms with Gasteiger partial charge in [0.15, 0.2) is 19.8 Å². The first kappa shape index (κ1) is 30.4. The maximum Gasteiger partial charge on any atom is 0.410 e. The van der Waals surface area contributed by atoms with E-state index in [0.29, 0.717) is 34.5 Å². The molecule has 12 heteroatoms. The zero-order valence-electron chi connectivity index (χ0n) is 25.3. The Balaban J connectivity index is 1.45. The Hall–Kier alpha value is -3.08. The Bertz CT molecular complexity index is 1610. The molecule has 5 rings (SSSR count). The molecule has 1 aliphatic rings. The number of aryl methyl sites for hydroxylation is 2. The van der Waals surface area contributed by atoms with Gasteiger partial charge in [0.05, 0.1) is 24.3 Å². The molecular weight excluding hydrogens is 569 g/mol. The monoisotopic (exact) mass is 609 g/mol. The number of nitrogens with two attached hydrogens (primary N) is 1. The molecule has 224 valence electrons. The zero-order valence-corrected chi connectivity index (χ0v) is 27.2. The molecule has 4 aromatic rings. The zero-order chi connectivity index (χ0) is 30.3. The molecule has 0 radical (unpaired) electrons. The minimum absolute atomic E-state index is 0.00335. The van der Waals surface area contributed by atoms with Crippen molar-refractivity contribution in [3.05, 3.63) is 72.3 Å². The molecule has 3 unspecified atom stereocenters. The van der Waals surface area contributed by atoms with Crippen LogP contribution in [0.4, 0.5) is 5.82 Å². The lowest BCUT2D eigenvalue weighted by Gasteiger charge is -2.39. The number of ether oxygens (including phenoxy) is 1. The molecule has 4 atom stereocenters. The van der Waals surface area contributed by atoms with Gasteiger partial charge in [-0.15, -0.1) is 0 Å². The van der Waals surface area contributed by atoms with Gasteiger partial charge in [0.1, 0.15) is 29.9 Å². The lowest BCUT2D eigenvalue weighted by molar-refractivity contribution is -0.0368. The number of fused-ring (bicyclic) bond motifs is 1. The van der Waals surface area contributed by atoms with Crippen molar-refractivity contribution in [3.63, 3.8) is 0 Å². The molecule has 0 saturated carbocycles. The molecule has 1 fully saturated rings. The first-order chi connectivity index (χ1) is 19.8. The van der Waals surface area contributed by atoms with E-state index in [4.69, 9.17) is 23.9 Å². The highest BCUT2D eigenvalue weighted by Gasteiger charge is 2.46. The van der Waals surface area contributed by atoms with Crippen molar-refractivity contribution in [2.75, 3.05) is 12.3 Å². The van der Waals surface area contributed by atoms with E-state index in [0.717, 1.165) is 11.1 Å². The molecule has 1 aliphatic heterocycles. The largest absolute Gasteiger partial charge is 0.421 e. The van der Waals surface area contributed by atoms with Gasteiger partial charge in [-0.3, -0.25) is 9.09 Å². The number of nitrogen functional groups attached to an aromatic ring is 1. The third kappa shape index (κ3) is 6.16. The van der Waals surface area contributed by atoms with Gasteiger partial charge >= 0.3 is 7.60 Å². The second-order valence-electron chi connectivity index (χ2n) is 12.4. The van der Waals surface area contributed by atoms with E-state index in [2.05, 4.69) is 48.8 Å². The topological polar surface area (TPSA) is 124 Å². The third-order valence-electron chi connectivity index (χ3n) is 8.16. The van der Waals surface area contributed by atoms with Gasteiger partial charge in [0.25, 0.3) is 0 Å². The van der Waals surface area contributed by atoms with Crippen molar-refractivity contribution in [1.29, 1.82) is 0 Å². The van der Waals surface area contributed by atoms with Gasteiger partial charge in [0.2, 0.25) is 0 Å². The van der Waals surface area contributed by atoms with E-state index < -0.39 is 28.2 Å². The summed E-state index contributed by atoms with van der Waals surface area (Å²) in [7, 11) is -6.01. The molecular formula is C30H40N5O5PSi. The van der Waals surface area contributed by atoms with Gasteiger partial charge in [-0.1, -0.05) is 56.7 Å². The van der Waals surface area contributed by atoms with Crippen LogP contribution in [0.25, 0.3) is 11.2 Å². The van der Waals surface area contributed by atoms with Gasteiger partial charge in [-0.2, -0.15) is 0 Å². The first-order valence-corrected chi connectivity index (χ1v) is 18.6. The van der Waals surface area contributed by atoms with Gasteiger partial charge in [-0.25, -0.2) is 19.5 Å². The highest BCUT2D eigenvalue weighted by molar-refractivity contribution is 7.62. The quantitative estimate of drug-likeness (QED) is 0.172. The van der Waals surface area contributed by atoms with E-state index >= 15 is 0 Å². The fourth-order valence-corrected chi connectivity index (χ4v) is 7.76. The fourth-order valence-electron chi connectivity index (χ4n) is 4.75. The summed E-state index contributed by atoms with van der Waals surface area (Å²) in [6, 6.07) is 14.8. The maximum atomic E-state index is 14.5. The third-order valence-corrected chi connectivity index (χ3v) is 14.5. The minimum atomic E-state index is -3.80. The van der Waals surface area contributed by atoms with Gasteiger partial charge < -0.3 is 19.4 Å². The van der Waals surface area contributed by atoms with Crippen molar-refractivity contribution in [2.24, 2.45) is 0 Å². The average Bonchev–Trinajstić information content (AvgIpc) is 3.53. The van der Waals surface area contributed by atoms with Crippen molar-refractivity contribution in [2.45, 2.75) is 77.6 Å². The fraction of sp³-hybridized carbons (Fsp3) is 0.433. The second kappa shape index (κ2) is 11.5. The first-order valence-electron chi connectivity index (χ1n) is 14.1. The number of hydrogen-bond donors (Lipinski definition) is 1. The predicted molar refractivity (Wildman–Crippen MR) is 167 cm³/mol. The molecule has 0 spiro atoms. The Kier molecular flexibility index (Phi) is 8.35. The second-order valence-corrected chi connectivity index (χ2v) is 19.1. The van der Waals surface area contributed by atoms with Crippen LogP contribution in [0.1, 0.15) is 44.5 Å². The normalized spacial score (nSPS) is 21.0. The summed E-state index contributed by atoms with van der Waals surface area (Å²) in [5.74, 6) is 0.812. The average molecular weight is 610 g/mol. The van der Waals surface area contributed by atoms with Crippen LogP contribution in [-0.2, 0) is 18.3 Å². The number of hydrogen-bond acceptors (Lipinski definition) is 9. The van der Waals surface area contributed by atoms with E-state index in [1.54, 1.807) is 18.5 Å². The Morgan fingerprint density at radius 3 is 2.52 bits per heavy atom. The smallest absolute Gasteiger partial charge is 0.410 e. The molecule has 3 heterocycles. The lowest BCUT2D eigenvalue weighted by atomic mass is 10.1. The number of rotatable bonds is 9. The van der Waals surface area contributed by atoms with E-state index in [1.807, 2.05) is 54.8 Å². The minimum Gasteiger partial charge on any atom is -0.421 e. The van der Waals surface area contributed by atoms with Gasteiger partial charge in [0, 0.05) is 6.42 Å². The summed E-state index contributed by atoms with van der Waals surface area (Å²) in [6.45, 7) is 14.9. The van der Waals surface area contributed by atoms with Crippen LogP contribution in [0.15, 0.2) is 61.2 Å². The van der Waals surface area contributed by atoms with Crippen LogP contribution < -0.4 is 15.6 Å². The van der Waals surface area contributed by atoms with Crippen molar-refractivity contribution in [1.82, 2.24) is 19.5 Å². The van der Waals surface area contributed by atoms with E-state index in [1.165, 1.54) is 6.33 Å². The van der Waals surface area contributed by atoms with E-state index in [9.17, 15) is 4.57 Å². The van der Waals surface area contributed by atoms with Gasteiger partial charge in [-0.05, 0) is 55.7 Å². The molecule has 0 bridgehead atoms. The van der Waals surface area contributed by atoms with Crippen LogP contribution >= 0.6 is 7.60 Å². The summed E-state index contributed by atoms with van der Waals surface area (Å²) in [4.78, 5) is 12.9. The van der Waals surface area contributed by atoms with Crippen LogP contribution in [0.5, 0.6) is 5.75 Å². The van der Waals surface area contributed by atoms with Crippen LogP contribution in [-0.4, -0.2) is 46.7 Å². The van der Waals surface area contributed by atoms with Crippen LogP contribution in [0, 0.1) is 13.8 Å². The highest BCUT2D eigenvalue weighted by Crippen LogP contribution is 2.49. The SMILES string of the molecule is Cc1ccc(O[P@@](=O)(OCC2OC(n3cnc4c(N)ncnc43)CC2O[Si](C)(C)C(C)(C)C)c2ccccc2)c(C)c1. The summed E-state index contributed by atoms with van der Waals surface area (Å²) in [5.41, 5.74) is 9.09. The predicted octanol–water partition coefficient (Wildman–Crippen LogP) is 6.32. The molecule has 2 aromatic heterocycles. The molecule has 10 nitrogen and oxygen atoms in total. The van der Waals surface area contributed by atoms with Crippen LogP contribution in [0.2, 0.25) is 18.1 Å². The molecule has 0 aliphatic carbocycles. The molecule has 2 aromatic carbocycles. The van der Waals surface area contributed by atoms with Crippen LogP contribution in [0.3, 0.4) is 0 Å². The summed E-state index contributed by atoms with van der Waals surface area (Å²) in [6.07, 6.45) is 2.31. The maximum absolute atomic E-state index is 14.5. The summed E-state index contributed by atoms with van der Waals surface area (Å²) >= 11 is 0. The summed E-state index contributed by atoms with van der Waals surface area (Å²) < 4.78 is 42.2. The summed E-state index contributed by atoms with van der Waals surface area (Å²) in [5, 5.41) is 0.444. The number of anilines is 1. The molecule has 1 saturated heterocycles. The molecule has 0 amide bonds. The highest BCUT2D eigenvalue weighted by atomic mass is 31.2. The Morgan fingerprint density at radius 1 is 1.10 bits per heavy atom. The Morgan fingerprint density at radius 2 is 1.83 bits per heavy atom.